The average molecular weight is 264 g/mol. The summed E-state index contributed by atoms with van der Waals surface area (Å²) in [6.45, 7) is 3.88. The summed E-state index contributed by atoms with van der Waals surface area (Å²) in [6.07, 6.45) is -4.20. The first kappa shape index (κ1) is 12.9. The van der Waals surface area contributed by atoms with Crippen LogP contribution in [-0.2, 0) is 0 Å². The quantitative estimate of drug-likeness (QED) is 0.883. The second-order valence-corrected chi connectivity index (χ2v) is 5.15. The molecule has 1 fully saturated rings. The molecule has 0 aromatic carbocycles. The van der Waals surface area contributed by atoms with Crippen molar-refractivity contribution in [2.45, 2.75) is 19.1 Å². The smallest absolute Gasteiger partial charge is 0.314 e. The van der Waals surface area contributed by atoms with Crippen LogP contribution in [0, 0.1) is 6.92 Å². The minimum atomic E-state index is -4.20. The Morgan fingerprint density at radius 1 is 1.35 bits per heavy atom. The summed E-state index contributed by atoms with van der Waals surface area (Å²) in [4.78, 5) is 1.95. The number of halogens is 3. The molecule has 2 heterocycles. The van der Waals surface area contributed by atoms with E-state index in [0.29, 0.717) is 31.1 Å². The van der Waals surface area contributed by atoms with Crippen molar-refractivity contribution in [3.05, 3.63) is 21.9 Å². The van der Waals surface area contributed by atoms with Gasteiger partial charge in [0.05, 0.1) is 0 Å². The van der Waals surface area contributed by atoms with Crippen molar-refractivity contribution in [3.63, 3.8) is 0 Å². The van der Waals surface area contributed by atoms with E-state index >= 15 is 0 Å². The molecule has 1 atom stereocenters. The molecule has 0 unspecified atom stereocenters. The zero-order valence-electron chi connectivity index (χ0n) is 9.55. The summed E-state index contributed by atoms with van der Waals surface area (Å²) < 4.78 is 39.6. The van der Waals surface area contributed by atoms with E-state index in [9.17, 15) is 13.2 Å². The molecule has 0 spiro atoms. The fourth-order valence-corrected chi connectivity index (χ4v) is 3.21. The van der Waals surface area contributed by atoms with Gasteiger partial charge in [-0.3, -0.25) is 4.90 Å². The second-order valence-electron chi connectivity index (χ2n) is 4.20. The molecule has 2 nitrogen and oxygen atoms in total. The third-order valence-corrected chi connectivity index (χ3v) is 4.05. The molecule has 0 amide bonds. The fourth-order valence-electron chi connectivity index (χ4n) is 2.13. The normalized spacial score (nSPS) is 20.5. The number of alkyl halides is 3. The Balaban J connectivity index is 2.28. The molecule has 0 radical (unpaired) electrons. The maximum atomic E-state index is 13.2. The van der Waals surface area contributed by atoms with Crippen LogP contribution in [-0.4, -0.2) is 37.3 Å². The highest BCUT2D eigenvalue weighted by Crippen LogP contribution is 2.41. The molecule has 1 aliphatic heterocycles. The van der Waals surface area contributed by atoms with E-state index in [-0.39, 0.29) is 0 Å². The van der Waals surface area contributed by atoms with Gasteiger partial charge in [0.25, 0.3) is 0 Å². The molecule has 96 valence electrons. The Morgan fingerprint density at radius 2 is 2.00 bits per heavy atom. The molecule has 6 heteroatoms. The van der Waals surface area contributed by atoms with Crippen molar-refractivity contribution in [1.82, 2.24) is 10.2 Å². The lowest BCUT2D eigenvalue weighted by molar-refractivity contribution is -0.187. The largest absolute Gasteiger partial charge is 0.408 e. The van der Waals surface area contributed by atoms with E-state index in [2.05, 4.69) is 5.32 Å². The lowest BCUT2D eigenvalue weighted by atomic mass is 10.1. The fraction of sp³-hybridized carbons (Fsp3) is 0.636. The second kappa shape index (κ2) is 4.96. The minimum absolute atomic E-state index is 0.430. The molecule has 0 bridgehead atoms. The average Bonchev–Trinajstić information content (AvgIpc) is 2.65. The van der Waals surface area contributed by atoms with Crippen LogP contribution in [0.1, 0.15) is 16.5 Å². The predicted molar refractivity (Wildman–Crippen MR) is 62.3 cm³/mol. The van der Waals surface area contributed by atoms with Crippen molar-refractivity contribution >= 4 is 11.3 Å². The molecule has 1 N–H and O–H groups in total. The standard InChI is InChI=1S/C11H15F3N2S/c1-8-2-7-17-9(8)10(11(12,13)14)16-5-3-15-4-6-16/h2,7,10,15H,3-6H2,1H3/t10-/m1/s1. The van der Waals surface area contributed by atoms with Crippen LogP contribution in [0.3, 0.4) is 0 Å². The summed E-state index contributed by atoms with van der Waals surface area (Å²) in [6, 6.07) is 0.311. The van der Waals surface area contributed by atoms with E-state index in [1.54, 1.807) is 18.4 Å². The molecule has 0 aliphatic carbocycles. The van der Waals surface area contributed by atoms with Gasteiger partial charge < -0.3 is 5.32 Å². The molecule has 1 saturated heterocycles. The Morgan fingerprint density at radius 3 is 2.47 bits per heavy atom. The summed E-state index contributed by atoms with van der Waals surface area (Å²) >= 11 is 1.20. The van der Waals surface area contributed by atoms with Crippen molar-refractivity contribution < 1.29 is 13.2 Å². The Bertz CT molecular complexity index is 369. The highest BCUT2D eigenvalue weighted by atomic mass is 32.1. The van der Waals surface area contributed by atoms with Gasteiger partial charge in [-0.05, 0) is 23.9 Å². The van der Waals surface area contributed by atoms with Crippen LogP contribution < -0.4 is 5.32 Å². The van der Waals surface area contributed by atoms with Gasteiger partial charge in [-0.25, -0.2) is 0 Å². The first-order valence-electron chi connectivity index (χ1n) is 5.55. The maximum absolute atomic E-state index is 13.2. The van der Waals surface area contributed by atoms with E-state index in [1.807, 2.05) is 0 Å². The summed E-state index contributed by atoms with van der Waals surface area (Å²) in [5.41, 5.74) is 0.732. The summed E-state index contributed by atoms with van der Waals surface area (Å²) in [5, 5.41) is 4.80. The van der Waals surface area contributed by atoms with Crippen LogP contribution in [0.4, 0.5) is 13.2 Å². The Labute approximate surface area is 102 Å². The van der Waals surface area contributed by atoms with Crippen molar-refractivity contribution in [2.24, 2.45) is 0 Å². The van der Waals surface area contributed by atoms with Crippen molar-refractivity contribution in [1.29, 1.82) is 0 Å². The monoisotopic (exact) mass is 264 g/mol. The highest BCUT2D eigenvalue weighted by Gasteiger charge is 2.46. The van der Waals surface area contributed by atoms with Gasteiger partial charge in [-0.15, -0.1) is 11.3 Å². The topological polar surface area (TPSA) is 15.3 Å². The van der Waals surface area contributed by atoms with Crippen LogP contribution in [0.5, 0.6) is 0 Å². The molecule has 1 aromatic rings. The Hall–Kier alpha value is -0.590. The number of aryl methyl sites for hydroxylation is 1. The SMILES string of the molecule is Cc1ccsc1[C@@H](N1CCNCC1)C(F)(F)F. The van der Waals surface area contributed by atoms with Gasteiger partial charge in [0.15, 0.2) is 0 Å². The zero-order chi connectivity index (χ0) is 12.5. The highest BCUT2D eigenvalue weighted by molar-refractivity contribution is 7.10. The number of thiophene rings is 1. The predicted octanol–water partition coefficient (Wildman–Crippen LogP) is 2.57. The molecular formula is C11H15F3N2S. The molecule has 2 rings (SSSR count). The van der Waals surface area contributed by atoms with Gasteiger partial charge in [-0.2, -0.15) is 13.2 Å². The van der Waals surface area contributed by atoms with Crippen molar-refractivity contribution in [2.75, 3.05) is 26.2 Å². The van der Waals surface area contributed by atoms with Crippen LogP contribution >= 0.6 is 11.3 Å². The minimum Gasteiger partial charge on any atom is -0.314 e. The van der Waals surface area contributed by atoms with Gasteiger partial charge in [0.1, 0.15) is 6.04 Å². The molecule has 17 heavy (non-hydrogen) atoms. The number of rotatable bonds is 2. The lowest BCUT2D eigenvalue weighted by Gasteiger charge is -2.35. The number of nitrogens with zero attached hydrogens (tertiary/aromatic N) is 1. The van der Waals surface area contributed by atoms with Gasteiger partial charge >= 0.3 is 6.18 Å². The third kappa shape index (κ3) is 2.81. The number of hydrogen-bond acceptors (Lipinski definition) is 3. The summed E-state index contributed by atoms with van der Waals surface area (Å²) in [7, 11) is 0. The first-order valence-corrected chi connectivity index (χ1v) is 6.43. The number of hydrogen-bond donors (Lipinski definition) is 1. The van der Waals surface area contributed by atoms with Crippen LogP contribution in [0.25, 0.3) is 0 Å². The van der Waals surface area contributed by atoms with E-state index in [0.717, 1.165) is 5.56 Å². The molecular weight excluding hydrogens is 249 g/mol. The maximum Gasteiger partial charge on any atom is 0.408 e. The lowest BCUT2D eigenvalue weighted by Crippen LogP contribution is -2.48. The van der Waals surface area contributed by atoms with Gasteiger partial charge in [-0.1, -0.05) is 0 Å². The zero-order valence-corrected chi connectivity index (χ0v) is 10.4. The summed E-state index contributed by atoms with van der Waals surface area (Å²) in [5.74, 6) is 0. The van der Waals surface area contributed by atoms with Gasteiger partial charge in [0.2, 0.25) is 0 Å². The van der Waals surface area contributed by atoms with E-state index in [1.165, 1.54) is 16.2 Å². The number of nitrogens with one attached hydrogen (secondary N) is 1. The van der Waals surface area contributed by atoms with Crippen LogP contribution in [0.15, 0.2) is 11.4 Å². The number of piperazine rings is 1. The van der Waals surface area contributed by atoms with E-state index in [4.69, 9.17) is 0 Å². The van der Waals surface area contributed by atoms with E-state index < -0.39 is 12.2 Å². The third-order valence-electron chi connectivity index (χ3n) is 2.98. The van der Waals surface area contributed by atoms with Crippen LogP contribution in [0.2, 0.25) is 0 Å². The first-order chi connectivity index (χ1) is 8.00. The molecule has 0 saturated carbocycles. The van der Waals surface area contributed by atoms with Gasteiger partial charge in [0, 0.05) is 31.1 Å². The molecule has 1 aromatic heterocycles. The Kier molecular flexibility index (Phi) is 3.75. The van der Waals surface area contributed by atoms with Crippen molar-refractivity contribution in [3.8, 4) is 0 Å². The molecule has 1 aliphatic rings.